The molecule has 2 rings (SSSR count). The van der Waals surface area contributed by atoms with Crippen molar-refractivity contribution in [2.24, 2.45) is 4.40 Å². The summed E-state index contributed by atoms with van der Waals surface area (Å²) in [6.07, 6.45) is 2.17. The highest BCUT2D eigenvalue weighted by atomic mass is 32.2. The van der Waals surface area contributed by atoms with Crippen LogP contribution in [0.4, 0.5) is 0 Å². The summed E-state index contributed by atoms with van der Waals surface area (Å²) >= 11 is 1.61. The Morgan fingerprint density at radius 1 is 1.17 bits per heavy atom. The molecule has 0 aliphatic heterocycles. The van der Waals surface area contributed by atoms with Crippen molar-refractivity contribution < 1.29 is 8.95 Å². The molecule has 1 heterocycles. The number of unbranched alkanes of at least 4 members (excludes halogenated alkanes) is 1. The summed E-state index contributed by atoms with van der Waals surface area (Å²) in [5.41, 5.74) is 2.72. The Labute approximate surface area is 151 Å². The number of thiophene rings is 1. The van der Waals surface area contributed by atoms with Gasteiger partial charge in [0.05, 0.1) is 17.1 Å². The van der Waals surface area contributed by atoms with E-state index in [0.29, 0.717) is 0 Å². The molecule has 0 amide bonds. The van der Waals surface area contributed by atoms with Crippen LogP contribution < -0.4 is 4.74 Å². The van der Waals surface area contributed by atoms with Crippen LogP contribution in [0.25, 0.3) is 0 Å². The van der Waals surface area contributed by atoms with E-state index in [-0.39, 0.29) is 4.75 Å². The van der Waals surface area contributed by atoms with Crippen LogP contribution in [0.3, 0.4) is 0 Å². The number of hydrogen-bond acceptors (Lipinski definition) is 3. The van der Waals surface area contributed by atoms with E-state index in [2.05, 4.69) is 11.3 Å². The van der Waals surface area contributed by atoms with Crippen LogP contribution in [0, 0.1) is 0 Å². The van der Waals surface area contributed by atoms with Gasteiger partial charge in [-0.05, 0) is 62.9 Å². The predicted octanol–water partition coefficient (Wildman–Crippen LogP) is 5.23. The second kappa shape index (κ2) is 8.58. The van der Waals surface area contributed by atoms with Crippen molar-refractivity contribution in [1.29, 1.82) is 0 Å². The summed E-state index contributed by atoms with van der Waals surface area (Å²) < 4.78 is 22.3. The Balaban J connectivity index is 2.28. The topological polar surface area (TPSA) is 38.7 Å². The van der Waals surface area contributed by atoms with Gasteiger partial charge in [0.15, 0.2) is 0 Å². The second-order valence-electron chi connectivity index (χ2n) is 6.54. The highest BCUT2D eigenvalue weighted by molar-refractivity contribution is 7.85. The first-order chi connectivity index (χ1) is 11.4. The van der Waals surface area contributed by atoms with E-state index >= 15 is 0 Å². The molecule has 1 aromatic heterocycles. The zero-order chi connectivity index (χ0) is 17.6. The normalized spacial score (nSPS) is 13.8. The molecule has 0 saturated heterocycles. The molecule has 0 fully saturated rings. The third-order valence-corrected chi connectivity index (χ3v) is 5.47. The molecule has 0 N–H and O–H groups in total. The van der Waals surface area contributed by atoms with Crippen molar-refractivity contribution in [3.63, 3.8) is 0 Å². The van der Waals surface area contributed by atoms with Gasteiger partial charge in [0.25, 0.3) is 0 Å². The van der Waals surface area contributed by atoms with Crippen molar-refractivity contribution in [2.45, 2.75) is 45.3 Å². The van der Waals surface area contributed by atoms with Crippen molar-refractivity contribution in [3.05, 3.63) is 52.2 Å². The monoisotopic (exact) mass is 363 g/mol. The first-order valence-corrected chi connectivity index (χ1v) is 10.2. The molecule has 5 heteroatoms. The van der Waals surface area contributed by atoms with Gasteiger partial charge in [0, 0.05) is 16.5 Å². The summed E-state index contributed by atoms with van der Waals surface area (Å²) in [6, 6.07) is 9.88. The third-order valence-electron chi connectivity index (χ3n) is 3.39. The highest BCUT2D eigenvalue weighted by Gasteiger charge is 2.21. The fraction of sp³-hybridized carbons (Fsp3) is 0.421. The van der Waals surface area contributed by atoms with Crippen molar-refractivity contribution >= 4 is 28.0 Å². The van der Waals surface area contributed by atoms with E-state index in [1.54, 1.807) is 11.3 Å². The fourth-order valence-corrected chi connectivity index (χ4v) is 3.23. The van der Waals surface area contributed by atoms with E-state index < -0.39 is 11.0 Å². The van der Waals surface area contributed by atoms with Gasteiger partial charge in [-0.15, -0.1) is 0 Å². The van der Waals surface area contributed by atoms with Crippen LogP contribution in [-0.4, -0.2) is 21.3 Å². The van der Waals surface area contributed by atoms with E-state index in [9.17, 15) is 4.21 Å². The quantitative estimate of drug-likeness (QED) is 0.499. The molecule has 1 aromatic carbocycles. The molecule has 24 heavy (non-hydrogen) atoms. The lowest BCUT2D eigenvalue weighted by Crippen LogP contribution is -2.21. The SMILES string of the molecule is CCCCOc1ccc(C(=NS(=O)C(C)(C)C)c2ccsc2)cc1. The molecule has 2 aromatic rings. The van der Waals surface area contributed by atoms with Crippen LogP contribution in [0.15, 0.2) is 45.5 Å². The van der Waals surface area contributed by atoms with Gasteiger partial charge >= 0.3 is 0 Å². The van der Waals surface area contributed by atoms with Gasteiger partial charge in [0.1, 0.15) is 16.7 Å². The highest BCUT2D eigenvalue weighted by Crippen LogP contribution is 2.21. The number of rotatable bonds is 7. The number of nitrogens with zero attached hydrogens (tertiary/aromatic N) is 1. The first kappa shape index (κ1) is 18.9. The van der Waals surface area contributed by atoms with Gasteiger partial charge in [-0.2, -0.15) is 15.7 Å². The molecule has 1 unspecified atom stereocenters. The summed E-state index contributed by atoms with van der Waals surface area (Å²) in [4.78, 5) is 0. The van der Waals surface area contributed by atoms with Crippen LogP contribution in [-0.2, 0) is 11.0 Å². The average Bonchev–Trinajstić information content (AvgIpc) is 3.06. The maximum atomic E-state index is 12.5. The van der Waals surface area contributed by atoms with Crippen molar-refractivity contribution in [1.82, 2.24) is 0 Å². The lowest BCUT2D eigenvalue weighted by molar-refractivity contribution is 0.309. The molecule has 130 valence electrons. The molecule has 0 aliphatic rings. The molecule has 1 atom stereocenters. The minimum absolute atomic E-state index is 0.384. The van der Waals surface area contributed by atoms with Gasteiger partial charge in [-0.1, -0.05) is 13.3 Å². The van der Waals surface area contributed by atoms with Gasteiger partial charge in [0.2, 0.25) is 0 Å². The summed E-state index contributed by atoms with van der Waals surface area (Å²) in [6.45, 7) is 8.67. The summed E-state index contributed by atoms with van der Waals surface area (Å²) in [5.74, 6) is 0.855. The Hall–Kier alpha value is -1.46. The van der Waals surface area contributed by atoms with Crippen molar-refractivity contribution in [3.8, 4) is 5.75 Å². The smallest absolute Gasteiger partial charge is 0.145 e. The first-order valence-electron chi connectivity index (χ1n) is 8.18. The zero-order valence-corrected chi connectivity index (χ0v) is 16.4. The minimum Gasteiger partial charge on any atom is -0.494 e. The summed E-state index contributed by atoms with van der Waals surface area (Å²) in [5, 5.41) is 4.04. The van der Waals surface area contributed by atoms with Gasteiger partial charge < -0.3 is 4.74 Å². The number of benzene rings is 1. The Morgan fingerprint density at radius 3 is 2.42 bits per heavy atom. The molecule has 3 nitrogen and oxygen atoms in total. The predicted molar refractivity (Wildman–Crippen MR) is 105 cm³/mol. The standard InChI is InChI=1S/C19H25NO2S2/c1-5-6-12-22-17-9-7-15(8-10-17)18(16-11-13-23-14-16)20-24(21)19(2,3)4/h7-11,13-14H,5-6,12H2,1-4H3. The fourth-order valence-electron chi connectivity index (χ4n) is 1.93. The largest absolute Gasteiger partial charge is 0.494 e. The molecule has 0 spiro atoms. The van der Waals surface area contributed by atoms with E-state index in [0.717, 1.165) is 42.0 Å². The summed E-state index contributed by atoms with van der Waals surface area (Å²) in [7, 11) is -1.30. The van der Waals surface area contributed by atoms with Gasteiger partial charge in [-0.25, -0.2) is 4.21 Å². The zero-order valence-electron chi connectivity index (χ0n) is 14.7. The molecular weight excluding hydrogens is 338 g/mol. The Bertz CT molecular complexity index is 683. The molecule has 0 aliphatic carbocycles. The van der Waals surface area contributed by atoms with Crippen LogP contribution in [0.2, 0.25) is 0 Å². The Kier molecular flexibility index (Phi) is 6.75. The lowest BCUT2D eigenvalue weighted by atomic mass is 10.1. The maximum Gasteiger partial charge on any atom is 0.145 e. The number of hydrogen-bond donors (Lipinski definition) is 0. The second-order valence-corrected chi connectivity index (χ2v) is 9.23. The Morgan fingerprint density at radius 2 is 1.88 bits per heavy atom. The van der Waals surface area contributed by atoms with Gasteiger partial charge in [-0.3, -0.25) is 0 Å². The van der Waals surface area contributed by atoms with E-state index in [4.69, 9.17) is 4.74 Å². The minimum atomic E-state index is -1.30. The molecule has 0 bridgehead atoms. The average molecular weight is 364 g/mol. The van der Waals surface area contributed by atoms with E-state index in [1.165, 1.54) is 0 Å². The van der Waals surface area contributed by atoms with E-state index in [1.807, 2.05) is 61.9 Å². The van der Waals surface area contributed by atoms with Crippen LogP contribution >= 0.6 is 11.3 Å². The van der Waals surface area contributed by atoms with Crippen LogP contribution in [0.1, 0.15) is 51.7 Å². The molecule has 0 saturated carbocycles. The molecule has 0 radical (unpaired) electrons. The van der Waals surface area contributed by atoms with Crippen LogP contribution in [0.5, 0.6) is 5.75 Å². The third kappa shape index (κ3) is 5.28. The lowest BCUT2D eigenvalue weighted by Gasteiger charge is -2.15. The molecular formula is C19H25NO2S2. The maximum absolute atomic E-state index is 12.5. The van der Waals surface area contributed by atoms with Crippen molar-refractivity contribution in [2.75, 3.05) is 6.61 Å². The number of ether oxygens (including phenoxy) is 1.